The lowest BCUT2D eigenvalue weighted by Gasteiger charge is -2.19. The van der Waals surface area contributed by atoms with E-state index in [1.807, 2.05) is 12.1 Å². The van der Waals surface area contributed by atoms with Crippen molar-refractivity contribution in [2.45, 2.75) is 6.61 Å². The maximum absolute atomic E-state index is 13.6. The van der Waals surface area contributed by atoms with Crippen LogP contribution in [0.3, 0.4) is 0 Å². The highest BCUT2D eigenvalue weighted by Gasteiger charge is 2.40. The Hall–Kier alpha value is -3.91. The number of methoxy groups -OCH3 is 2. The molecule has 1 aliphatic rings. The third-order valence-electron chi connectivity index (χ3n) is 5.83. The molecule has 0 radical (unpaired) electrons. The van der Waals surface area contributed by atoms with Crippen molar-refractivity contribution in [1.29, 1.82) is 5.26 Å². The van der Waals surface area contributed by atoms with Crippen molar-refractivity contribution in [3.05, 3.63) is 92.5 Å². The molecule has 1 saturated heterocycles. The van der Waals surface area contributed by atoms with Crippen molar-refractivity contribution in [2.75, 3.05) is 25.7 Å². The molecule has 1 fully saturated rings. The summed E-state index contributed by atoms with van der Waals surface area (Å²) in [5.41, 5.74) is 2.50. The van der Waals surface area contributed by atoms with Gasteiger partial charge in [0.1, 0.15) is 18.8 Å². The Bertz CT molecular complexity index is 1520. The zero-order chi connectivity index (χ0) is 28.1. The van der Waals surface area contributed by atoms with Crippen molar-refractivity contribution < 1.29 is 23.8 Å². The van der Waals surface area contributed by atoms with Crippen molar-refractivity contribution in [3.63, 3.8) is 0 Å². The second-order valence-corrected chi connectivity index (χ2v) is 9.83. The predicted octanol–water partition coefficient (Wildman–Crippen LogP) is 5.71. The fraction of sp³-hybridized carbons (Fsp3) is 0.143. The number of anilines is 1. The van der Waals surface area contributed by atoms with Gasteiger partial charge in [-0.25, -0.2) is 0 Å². The van der Waals surface area contributed by atoms with Crippen LogP contribution in [0.4, 0.5) is 5.69 Å². The molecule has 3 aromatic rings. The second-order valence-electron chi connectivity index (χ2n) is 8.17. The monoisotopic (exact) mass is 625 g/mol. The first-order chi connectivity index (χ1) is 18.8. The molecule has 3 aromatic carbocycles. The highest BCUT2D eigenvalue weighted by molar-refractivity contribution is 9.10. The summed E-state index contributed by atoms with van der Waals surface area (Å²) in [6, 6.07) is 19.3. The van der Waals surface area contributed by atoms with Gasteiger partial charge in [-0.05, 0) is 66.3 Å². The van der Waals surface area contributed by atoms with Crippen LogP contribution in [-0.2, 0) is 20.9 Å². The Morgan fingerprint density at radius 3 is 2.51 bits per heavy atom. The normalized spacial score (nSPS) is 14.0. The number of benzene rings is 3. The summed E-state index contributed by atoms with van der Waals surface area (Å²) in [5, 5.41) is 9.98. The Morgan fingerprint density at radius 2 is 1.85 bits per heavy atom. The Morgan fingerprint density at radius 1 is 1.13 bits per heavy atom. The fourth-order valence-corrected chi connectivity index (χ4v) is 4.75. The van der Waals surface area contributed by atoms with Gasteiger partial charge >= 0.3 is 5.97 Å². The van der Waals surface area contributed by atoms with E-state index < -0.39 is 11.9 Å². The zero-order valence-electron chi connectivity index (χ0n) is 20.8. The van der Waals surface area contributed by atoms with Gasteiger partial charge in [0.2, 0.25) is 0 Å². The van der Waals surface area contributed by atoms with Crippen molar-refractivity contribution in [2.24, 2.45) is 0 Å². The van der Waals surface area contributed by atoms with Crippen LogP contribution in [0, 0.1) is 11.3 Å². The van der Waals surface area contributed by atoms with Crippen molar-refractivity contribution >= 4 is 68.5 Å². The van der Waals surface area contributed by atoms with E-state index in [-0.39, 0.29) is 24.0 Å². The minimum Gasteiger partial charge on any atom is -0.493 e. The smallest absolute Gasteiger partial charge is 0.325 e. The molecule has 0 aromatic heterocycles. The third kappa shape index (κ3) is 6.06. The molecule has 1 heterocycles. The molecule has 1 amide bonds. The Kier molecular flexibility index (Phi) is 8.86. The van der Waals surface area contributed by atoms with Gasteiger partial charge in [0.15, 0.2) is 16.6 Å². The van der Waals surface area contributed by atoms with Gasteiger partial charge in [0.05, 0.1) is 31.5 Å². The number of hydrogen-bond acceptors (Lipinski definition) is 7. The lowest BCUT2D eigenvalue weighted by molar-refractivity contribution is -0.140. The number of halogens is 2. The highest BCUT2D eigenvalue weighted by Crippen LogP contribution is 2.37. The van der Waals surface area contributed by atoms with E-state index in [0.29, 0.717) is 37.8 Å². The van der Waals surface area contributed by atoms with Crippen LogP contribution in [0.25, 0.3) is 6.08 Å². The number of esters is 1. The fourth-order valence-electron chi connectivity index (χ4n) is 3.84. The van der Waals surface area contributed by atoms with E-state index in [0.717, 1.165) is 5.56 Å². The van der Waals surface area contributed by atoms with Crippen molar-refractivity contribution in [3.8, 4) is 17.6 Å². The van der Waals surface area contributed by atoms with Gasteiger partial charge in [0, 0.05) is 15.1 Å². The van der Waals surface area contributed by atoms with E-state index in [2.05, 4.69) is 22.0 Å². The first kappa shape index (κ1) is 28.1. The zero-order valence-corrected chi connectivity index (χ0v) is 24.0. The first-order valence-electron chi connectivity index (χ1n) is 11.5. The number of nitriles is 1. The van der Waals surface area contributed by atoms with Crippen LogP contribution < -0.4 is 14.4 Å². The van der Waals surface area contributed by atoms with Crippen LogP contribution in [0.15, 0.2) is 70.8 Å². The van der Waals surface area contributed by atoms with Crippen LogP contribution in [-0.4, -0.2) is 42.7 Å². The van der Waals surface area contributed by atoms with Gasteiger partial charge in [-0.1, -0.05) is 45.7 Å². The summed E-state index contributed by atoms with van der Waals surface area (Å²) < 4.78 is 16.9. The summed E-state index contributed by atoms with van der Waals surface area (Å²) in [6.07, 6.45) is 1.61. The molecule has 0 saturated carbocycles. The average molecular weight is 627 g/mol. The Labute approximate surface area is 244 Å². The lowest BCUT2D eigenvalue weighted by atomic mass is 10.1. The number of ether oxygens (including phenoxy) is 3. The molecule has 0 atom stereocenters. The molecular weight excluding hydrogens is 606 g/mol. The number of amides is 1. The van der Waals surface area contributed by atoms with Gasteiger partial charge in [-0.15, -0.1) is 0 Å². The molecule has 0 bridgehead atoms. The summed E-state index contributed by atoms with van der Waals surface area (Å²) in [7, 11) is 2.76. The van der Waals surface area contributed by atoms with Crippen LogP contribution in [0.5, 0.6) is 11.5 Å². The molecule has 0 spiro atoms. The molecular formula is C28H21BrClN3O5S. The highest BCUT2D eigenvalue weighted by atomic mass is 79.9. The largest absolute Gasteiger partial charge is 0.493 e. The summed E-state index contributed by atoms with van der Waals surface area (Å²) in [4.78, 5) is 28.5. The number of nitrogens with zero attached hydrogens (tertiary/aromatic N) is 3. The van der Waals surface area contributed by atoms with E-state index in [4.69, 9.17) is 38.0 Å². The molecule has 0 N–H and O–H groups in total. The van der Waals surface area contributed by atoms with E-state index in [9.17, 15) is 14.9 Å². The van der Waals surface area contributed by atoms with Crippen LogP contribution in [0.2, 0.25) is 5.02 Å². The Balaban J connectivity index is 1.70. The second kappa shape index (κ2) is 12.3. The summed E-state index contributed by atoms with van der Waals surface area (Å²) in [6.45, 7) is -0.103. The summed E-state index contributed by atoms with van der Waals surface area (Å²) >= 11 is 15.1. The molecule has 4 rings (SSSR count). The standard InChI is InChI=1S/C28H21BrClN3O5S/c1-36-24-12-19(22(29)13-25(24)38-16-18-6-4-3-5-17(18)14-31)11-23-27(35)33(21-9-7-20(30)8-10-21)28(39)32(23)15-26(34)37-2/h3-13H,15-16H2,1-2H3/b23-11-. The van der Waals surface area contributed by atoms with Crippen LogP contribution in [0.1, 0.15) is 16.7 Å². The van der Waals surface area contributed by atoms with Crippen molar-refractivity contribution in [1.82, 2.24) is 4.90 Å². The van der Waals surface area contributed by atoms with Gasteiger partial charge < -0.3 is 19.1 Å². The molecule has 198 valence electrons. The number of hydrogen-bond donors (Lipinski definition) is 0. The molecule has 0 unspecified atom stereocenters. The van der Waals surface area contributed by atoms with Gasteiger partial charge in [-0.3, -0.25) is 14.5 Å². The number of rotatable bonds is 8. The SMILES string of the molecule is COC(=O)CN1C(=S)N(c2ccc(Cl)cc2)C(=O)/C1=C/c1cc(OC)c(OCc2ccccc2C#N)cc1Br. The first-order valence-corrected chi connectivity index (χ1v) is 13.0. The number of carbonyl (C=O) groups excluding carboxylic acids is 2. The minimum atomic E-state index is -0.563. The third-order valence-corrected chi connectivity index (χ3v) is 7.17. The molecule has 0 aliphatic carbocycles. The maximum atomic E-state index is 13.6. The molecule has 11 heteroatoms. The van der Waals surface area contributed by atoms with Crippen LogP contribution >= 0.6 is 39.7 Å². The minimum absolute atomic E-state index is 0.123. The lowest BCUT2D eigenvalue weighted by Crippen LogP contribution is -2.35. The molecule has 1 aliphatic heterocycles. The molecule has 39 heavy (non-hydrogen) atoms. The predicted molar refractivity (Wildman–Crippen MR) is 154 cm³/mol. The average Bonchev–Trinajstić information content (AvgIpc) is 3.17. The quantitative estimate of drug-likeness (QED) is 0.178. The van der Waals surface area contributed by atoms with E-state index in [1.54, 1.807) is 54.6 Å². The topological polar surface area (TPSA) is 92.1 Å². The van der Waals surface area contributed by atoms with E-state index in [1.165, 1.54) is 24.0 Å². The van der Waals surface area contributed by atoms with Gasteiger partial charge in [0.25, 0.3) is 5.91 Å². The number of carbonyl (C=O) groups is 2. The number of thiocarbonyl (C=S) groups is 1. The maximum Gasteiger partial charge on any atom is 0.325 e. The van der Waals surface area contributed by atoms with E-state index >= 15 is 0 Å². The summed E-state index contributed by atoms with van der Waals surface area (Å²) in [5.74, 6) is -0.152. The van der Waals surface area contributed by atoms with Gasteiger partial charge in [-0.2, -0.15) is 5.26 Å². The molecule has 8 nitrogen and oxygen atoms in total.